The number of hydrogen-bond donors (Lipinski definition) is 1. The first-order valence-electron chi connectivity index (χ1n) is 4.31. The summed E-state index contributed by atoms with van der Waals surface area (Å²) in [4.78, 5) is 0. The second kappa shape index (κ2) is 4.83. The lowest BCUT2D eigenvalue weighted by Crippen LogP contribution is -2.13. The average molecular weight is 171 g/mol. The lowest BCUT2D eigenvalue weighted by atomic mass is 10.1. The quantitative estimate of drug-likeness (QED) is 0.659. The molecule has 1 saturated heterocycles. The average Bonchev–Trinajstić information content (AvgIpc) is 2.06. The van der Waals surface area contributed by atoms with Gasteiger partial charge >= 0.3 is 0 Å². The van der Waals surface area contributed by atoms with E-state index in [1.165, 1.54) is 30.6 Å². The van der Waals surface area contributed by atoms with E-state index in [1.807, 2.05) is 0 Å². The van der Waals surface area contributed by atoms with Gasteiger partial charge in [0.25, 0.3) is 0 Å². The van der Waals surface area contributed by atoms with Crippen molar-refractivity contribution in [3.8, 4) is 0 Å². The molecule has 1 heterocycles. The van der Waals surface area contributed by atoms with Crippen molar-refractivity contribution in [2.24, 2.45) is 5.73 Å². The summed E-state index contributed by atoms with van der Waals surface area (Å²) in [5.41, 5.74) is 6.69. The van der Waals surface area contributed by atoms with Gasteiger partial charge < -0.3 is 5.73 Å². The van der Waals surface area contributed by atoms with Crippen LogP contribution in [0, 0.1) is 0 Å². The van der Waals surface area contributed by atoms with Crippen LogP contribution < -0.4 is 5.73 Å². The number of rotatable bonds is 3. The first kappa shape index (κ1) is 9.14. The molecule has 0 spiro atoms. The Morgan fingerprint density at radius 3 is 2.91 bits per heavy atom. The summed E-state index contributed by atoms with van der Waals surface area (Å²) in [6.07, 6.45) is 5.30. The predicted molar refractivity (Wildman–Crippen MR) is 52.9 cm³/mol. The fraction of sp³-hybridized carbons (Fsp3) is 0.778. The molecule has 0 bridgehead atoms. The van der Waals surface area contributed by atoms with Gasteiger partial charge in [-0.2, -0.15) is 11.8 Å². The molecular formula is C9H17NS. The zero-order valence-electron chi connectivity index (χ0n) is 7.01. The minimum atomic E-state index is 0.664. The van der Waals surface area contributed by atoms with Gasteiger partial charge in [0.2, 0.25) is 0 Å². The van der Waals surface area contributed by atoms with Crippen molar-refractivity contribution in [2.45, 2.75) is 30.9 Å². The van der Waals surface area contributed by atoms with Gasteiger partial charge in [0, 0.05) is 11.8 Å². The standard InChI is InChI=1S/C9H17NS/c1-8(7-10)6-9-4-2-3-5-11-9/h9H,1-7,10H2. The smallest absolute Gasteiger partial charge is 0.0134 e. The van der Waals surface area contributed by atoms with Gasteiger partial charge in [0.1, 0.15) is 0 Å². The van der Waals surface area contributed by atoms with Crippen molar-refractivity contribution in [3.63, 3.8) is 0 Å². The van der Waals surface area contributed by atoms with E-state index in [9.17, 15) is 0 Å². The van der Waals surface area contributed by atoms with Gasteiger partial charge in [-0.25, -0.2) is 0 Å². The van der Waals surface area contributed by atoms with E-state index in [-0.39, 0.29) is 0 Å². The van der Waals surface area contributed by atoms with E-state index in [2.05, 4.69) is 18.3 Å². The Hall–Kier alpha value is 0.0500. The van der Waals surface area contributed by atoms with E-state index in [0.29, 0.717) is 6.54 Å². The number of thioether (sulfide) groups is 1. The maximum atomic E-state index is 5.48. The van der Waals surface area contributed by atoms with E-state index >= 15 is 0 Å². The zero-order chi connectivity index (χ0) is 8.10. The molecule has 1 unspecified atom stereocenters. The van der Waals surface area contributed by atoms with E-state index in [0.717, 1.165) is 11.7 Å². The molecule has 1 aliphatic heterocycles. The summed E-state index contributed by atoms with van der Waals surface area (Å²) in [7, 11) is 0. The lowest BCUT2D eigenvalue weighted by Gasteiger charge is -2.21. The predicted octanol–water partition coefficient (Wildman–Crippen LogP) is 2.18. The van der Waals surface area contributed by atoms with Gasteiger partial charge in [-0.05, 0) is 25.0 Å². The van der Waals surface area contributed by atoms with Crippen LogP contribution in [0.25, 0.3) is 0 Å². The van der Waals surface area contributed by atoms with Crippen molar-refractivity contribution >= 4 is 11.8 Å². The third-order valence-corrected chi connectivity index (χ3v) is 3.48. The van der Waals surface area contributed by atoms with Gasteiger partial charge in [-0.3, -0.25) is 0 Å². The molecule has 0 aliphatic carbocycles. The van der Waals surface area contributed by atoms with Gasteiger partial charge in [0.15, 0.2) is 0 Å². The number of hydrogen-bond acceptors (Lipinski definition) is 2. The Morgan fingerprint density at radius 1 is 1.55 bits per heavy atom. The fourth-order valence-electron chi connectivity index (χ4n) is 1.37. The second-order valence-corrected chi connectivity index (χ2v) is 4.56. The van der Waals surface area contributed by atoms with Gasteiger partial charge in [0.05, 0.1) is 0 Å². The molecule has 0 aromatic carbocycles. The summed E-state index contributed by atoms with van der Waals surface area (Å²) >= 11 is 2.09. The van der Waals surface area contributed by atoms with Gasteiger partial charge in [-0.1, -0.05) is 18.6 Å². The lowest BCUT2D eigenvalue weighted by molar-refractivity contribution is 0.656. The maximum absolute atomic E-state index is 5.48. The SMILES string of the molecule is C=C(CN)CC1CCCCS1. The van der Waals surface area contributed by atoms with Crippen molar-refractivity contribution in [3.05, 3.63) is 12.2 Å². The third-order valence-electron chi connectivity index (χ3n) is 2.08. The Labute approximate surface area is 73.4 Å². The normalized spacial score (nSPS) is 25.0. The van der Waals surface area contributed by atoms with Crippen LogP contribution in [-0.2, 0) is 0 Å². The van der Waals surface area contributed by atoms with E-state index in [1.54, 1.807) is 0 Å². The summed E-state index contributed by atoms with van der Waals surface area (Å²) < 4.78 is 0. The van der Waals surface area contributed by atoms with Crippen LogP contribution in [-0.4, -0.2) is 17.5 Å². The van der Waals surface area contributed by atoms with Crippen LogP contribution >= 0.6 is 11.8 Å². The van der Waals surface area contributed by atoms with Crippen LogP contribution in [0.15, 0.2) is 12.2 Å². The highest BCUT2D eigenvalue weighted by Crippen LogP contribution is 2.28. The zero-order valence-corrected chi connectivity index (χ0v) is 7.83. The molecule has 0 amide bonds. The summed E-state index contributed by atoms with van der Waals surface area (Å²) in [6, 6.07) is 0. The fourth-order valence-corrected chi connectivity index (χ4v) is 2.76. The van der Waals surface area contributed by atoms with Crippen LogP contribution in [0.5, 0.6) is 0 Å². The highest BCUT2D eigenvalue weighted by atomic mass is 32.2. The first-order chi connectivity index (χ1) is 5.33. The summed E-state index contributed by atoms with van der Waals surface area (Å²) in [6.45, 7) is 4.59. The minimum absolute atomic E-state index is 0.664. The van der Waals surface area contributed by atoms with Crippen molar-refractivity contribution in [2.75, 3.05) is 12.3 Å². The Kier molecular flexibility index (Phi) is 4.02. The Balaban J connectivity index is 2.19. The Bertz CT molecular complexity index is 128. The molecule has 2 heteroatoms. The molecule has 1 atom stereocenters. The molecular weight excluding hydrogens is 154 g/mol. The van der Waals surface area contributed by atoms with Crippen LogP contribution in [0.3, 0.4) is 0 Å². The van der Waals surface area contributed by atoms with Crippen LogP contribution in [0.2, 0.25) is 0 Å². The third kappa shape index (κ3) is 3.30. The molecule has 0 radical (unpaired) electrons. The monoisotopic (exact) mass is 171 g/mol. The van der Waals surface area contributed by atoms with Crippen molar-refractivity contribution in [1.29, 1.82) is 0 Å². The maximum Gasteiger partial charge on any atom is 0.0134 e. The van der Waals surface area contributed by atoms with Crippen molar-refractivity contribution in [1.82, 2.24) is 0 Å². The van der Waals surface area contributed by atoms with Crippen LogP contribution in [0.4, 0.5) is 0 Å². The molecule has 0 saturated carbocycles. The second-order valence-electron chi connectivity index (χ2n) is 3.15. The summed E-state index contributed by atoms with van der Waals surface area (Å²) in [5.74, 6) is 1.34. The molecule has 64 valence electrons. The summed E-state index contributed by atoms with van der Waals surface area (Å²) in [5, 5.41) is 0.819. The topological polar surface area (TPSA) is 26.0 Å². The molecule has 1 fully saturated rings. The minimum Gasteiger partial charge on any atom is -0.327 e. The van der Waals surface area contributed by atoms with Crippen LogP contribution in [0.1, 0.15) is 25.7 Å². The highest BCUT2D eigenvalue weighted by molar-refractivity contribution is 7.99. The molecule has 11 heavy (non-hydrogen) atoms. The molecule has 2 N–H and O–H groups in total. The largest absolute Gasteiger partial charge is 0.327 e. The van der Waals surface area contributed by atoms with E-state index < -0.39 is 0 Å². The molecule has 0 aromatic heterocycles. The van der Waals surface area contributed by atoms with E-state index in [4.69, 9.17) is 5.73 Å². The molecule has 1 rings (SSSR count). The van der Waals surface area contributed by atoms with Crippen molar-refractivity contribution < 1.29 is 0 Å². The molecule has 1 nitrogen and oxygen atoms in total. The highest BCUT2D eigenvalue weighted by Gasteiger charge is 2.13. The Morgan fingerprint density at radius 2 is 2.36 bits per heavy atom. The molecule has 1 aliphatic rings. The molecule has 0 aromatic rings. The first-order valence-corrected chi connectivity index (χ1v) is 5.36. The van der Waals surface area contributed by atoms with Gasteiger partial charge in [-0.15, -0.1) is 0 Å². The number of nitrogens with two attached hydrogens (primary N) is 1.